The maximum absolute atomic E-state index is 5.46. The van der Waals surface area contributed by atoms with Crippen LogP contribution in [-0.4, -0.2) is 29.5 Å². The van der Waals surface area contributed by atoms with Crippen LogP contribution in [0, 0.1) is 0 Å². The second kappa shape index (κ2) is 6.56. The van der Waals surface area contributed by atoms with E-state index < -0.39 is 0 Å². The normalized spacial score (nSPS) is 10.7. The zero-order chi connectivity index (χ0) is 10.2. The molecule has 0 amide bonds. The zero-order valence-electron chi connectivity index (χ0n) is 8.99. The summed E-state index contributed by atoms with van der Waals surface area (Å²) in [6, 6.07) is 0. The molecular formula is C10H19N3O. The predicted octanol–water partition coefficient (Wildman–Crippen LogP) is 1.03. The van der Waals surface area contributed by atoms with Crippen LogP contribution in [0.3, 0.4) is 0 Å². The Bertz CT molecular complexity index is 247. The molecule has 0 unspecified atom stereocenters. The Balaban J connectivity index is 2.12. The Morgan fingerprint density at radius 1 is 1.50 bits per heavy atom. The molecule has 0 aliphatic rings. The highest BCUT2D eigenvalue weighted by atomic mass is 16.5. The van der Waals surface area contributed by atoms with Crippen molar-refractivity contribution in [1.82, 2.24) is 15.1 Å². The fourth-order valence-electron chi connectivity index (χ4n) is 1.17. The number of nitrogens with zero attached hydrogens (tertiary/aromatic N) is 2. The molecule has 0 saturated carbocycles. The Morgan fingerprint density at radius 2 is 2.36 bits per heavy atom. The van der Waals surface area contributed by atoms with Crippen molar-refractivity contribution in [2.24, 2.45) is 0 Å². The summed E-state index contributed by atoms with van der Waals surface area (Å²) in [5, 5.41) is 7.38. The lowest BCUT2D eigenvalue weighted by molar-refractivity contribution is 0.123. The Hall–Kier alpha value is -0.870. The van der Waals surface area contributed by atoms with Gasteiger partial charge in [-0.2, -0.15) is 5.10 Å². The van der Waals surface area contributed by atoms with Crippen molar-refractivity contribution in [2.45, 2.75) is 27.0 Å². The molecule has 1 aromatic rings. The number of aryl methyl sites for hydroxylation is 1. The summed E-state index contributed by atoms with van der Waals surface area (Å²) in [4.78, 5) is 0. The largest absolute Gasteiger partial charge is 0.375 e. The van der Waals surface area contributed by atoms with Crippen LogP contribution >= 0.6 is 0 Å². The van der Waals surface area contributed by atoms with Gasteiger partial charge in [0.25, 0.3) is 0 Å². The molecular weight excluding hydrogens is 178 g/mol. The SMILES string of the molecule is CCNCCOCc1cnn(CC)c1. The van der Waals surface area contributed by atoms with Gasteiger partial charge in [0.1, 0.15) is 0 Å². The van der Waals surface area contributed by atoms with Crippen LogP contribution in [0.1, 0.15) is 19.4 Å². The molecule has 1 aromatic heterocycles. The van der Waals surface area contributed by atoms with Gasteiger partial charge in [0.05, 0.1) is 19.4 Å². The van der Waals surface area contributed by atoms with Crippen molar-refractivity contribution < 1.29 is 4.74 Å². The smallest absolute Gasteiger partial charge is 0.0748 e. The van der Waals surface area contributed by atoms with Gasteiger partial charge in [-0.05, 0) is 13.5 Å². The van der Waals surface area contributed by atoms with Crippen molar-refractivity contribution in [3.8, 4) is 0 Å². The van der Waals surface area contributed by atoms with Gasteiger partial charge >= 0.3 is 0 Å². The van der Waals surface area contributed by atoms with Gasteiger partial charge in [-0.1, -0.05) is 6.92 Å². The fourth-order valence-corrected chi connectivity index (χ4v) is 1.17. The van der Waals surface area contributed by atoms with E-state index in [0.29, 0.717) is 6.61 Å². The number of likely N-dealkylation sites (N-methyl/N-ethyl adjacent to an activating group) is 1. The molecule has 14 heavy (non-hydrogen) atoms. The topological polar surface area (TPSA) is 39.1 Å². The first-order chi connectivity index (χ1) is 6.86. The average Bonchev–Trinajstić information content (AvgIpc) is 2.65. The van der Waals surface area contributed by atoms with Gasteiger partial charge < -0.3 is 10.1 Å². The third kappa shape index (κ3) is 3.89. The Morgan fingerprint density at radius 3 is 3.00 bits per heavy atom. The number of nitrogens with one attached hydrogen (secondary N) is 1. The highest BCUT2D eigenvalue weighted by molar-refractivity contribution is 5.01. The monoisotopic (exact) mass is 197 g/mol. The van der Waals surface area contributed by atoms with Gasteiger partial charge in [-0.25, -0.2) is 0 Å². The molecule has 0 aromatic carbocycles. The summed E-state index contributed by atoms with van der Waals surface area (Å²) in [5.74, 6) is 0. The molecule has 80 valence electrons. The lowest BCUT2D eigenvalue weighted by Crippen LogP contribution is -2.18. The molecule has 1 rings (SSSR count). The number of aromatic nitrogens is 2. The molecule has 1 N–H and O–H groups in total. The Labute approximate surface area is 85.3 Å². The third-order valence-electron chi connectivity index (χ3n) is 1.95. The first-order valence-electron chi connectivity index (χ1n) is 5.16. The molecule has 4 heteroatoms. The molecule has 0 radical (unpaired) electrons. The first kappa shape index (κ1) is 11.2. The van der Waals surface area contributed by atoms with Crippen LogP contribution in [0.5, 0.6) is 0 Å². The van der Waals surface area contributed by atoms with E-state index in [1.165, 1.54) is 0 Å². The average molecular weight is 197 g/mol. The van der Waals surface area contributed by atoms with Gasteiger partial charge in [-0.3, -0.25) is 4.68 Å². The van der Waals surface area contributed by atoms with Gasteiger partial charge in [0, 0.05) is 24.8 Å². The second-order valence-electron chi connectivity index (χ2n) is 3.11. The first-order valence-corrected chi connectivity index (χ1v) is 5.16. The summed E-state index contributed by atoms with van der Waals surface area (Å²) < 4.78 is 7.37. The quantitative estimate of drug-likeness (QED) is 0.664. The van der Waals surface area contributed by atoms with Crippen molar-refractivity contribution in [3.63, 3.8) is 0 Å². The standard InChI is InChI=1S/C10H19N3O/c1-3-11-5-6-14-9-10-7-12-13(4-2)8-10/h7-8,11H,3-6,9H2,1-2H3. The van der Waals surface area contributed by atoms with Crippen LogP contribution in [-0.2, 0) is 17.9 Å². The van der Waals surface area contributed by atoms with Crippen molar-refractivity contribution in [3.05, 3.63) is 18.0 Å². The summed E-state index contributed by atoms with van der Waals surface area (Å²) in [5.41, 5.74) is 1.14. The van der Waals surface area contributed by atoms with E-state index in [1.807, 2.05) is 17.1 Å². The maximum Gasteiger partial charge on any atom is 0.0748 e. The van der Waals surface area contributed by atoms with E-state index >= 15 is 0 Å². The molecule has 4 nitrogen and oxygen atoms in total. The fraction of sp³-hybridized carbons (Fsp3) is 0.700. The summed E-state index contributed by atoms with van der Waals surface area (Å²) in [7, 11) is 0. The van der Waals surface area contributed by atoms with Crippen LogP contribution in [0.4, 0.5) is 0 Å². The minimum absolute atomic E-state index is 0.658. The molecule has 0 bridgehead atoms. The molecule has 1 heterocycles. The zero-order valence-corrected chi connectivity index (χ0v) is 8.99. The lowest BCUT2D eigenvalue weighted by atomic mass is 10.4. The maximum atomic E-state index is 5.46. The van der Waals surface area contributed by atoms with Gasteiger partial charge in [0.15, 0.2) is 0 Å². The number of hydrogen-bond acceptors (Lipinski definition) is 3. The number of ether oxygens (including phenoxy) is 1. The van der Waals surface area contributed by atoms with E-state index in [0.717, 1.165) is 31.8 Å². The summed E-state index contributed by atoms with van der Waals surface area (Å²) >= 11 is 0. The van der Waals surface area contributed by atoms with E-state index in [2.05, 4.69) is 24.3 Å². The van der Waals surface area contributed by atoms with Crippen molar-refractivity contribution >= 4 is 0 Å². The van der Waals surface area contributed by atoms with Gasteiger partial charge in [0.2, 0.25) is 0 Å². The van der Waals surface area contributed by atoms with Crippen molar-refractivity contribution in [2.75, 3.05) is 19.7 Å². The number of hydrogen-bond donors (Lipinski definition) is 1. The van der Waals surface area contributed by atoms with Crippen LogP contribution in [0.25, 0.3) is 0 Å². The molecule has 0 atom stereocenters. The molecule has 0 aliphatic carbocycles. The predicted molar refractivity (Wildman–Crippen MR) is 56.1 cm³/mol. The van der Waals surface area contributed by atoms with Crippen molar-refractivity contribution in [1.29, 1.82) is 0 Å². The van der Waals surface area contributed by atoms with E-state index in [1.54, 1.807) is 0 Å². The summed E-state index contributed by atoms with van der Waals surface area (Å²) in [6.45, 7) is 8.40. The Kier molecular flexibility index (Phi) is 5.25. The lowest BCUT2D eigenvalue weighted by Gasteiger charge is -2.02. The van der Waals surface area contributed by atoms with Crippen LogP contribution in [0.15, 0.2) is 12.4 Å². The van der Waals surface area contributed by atoms with Gasteiger partial charge in [-0.15, -0.1) is 0 Å². The molecule has 0 spiro atoms. The molecule has 0 aliphatic heterocycles. The van der Waals surface area contributed by atoms with E-state index in [9.17, 15) is 0 Å². The minimum Gasteiger partial charge on any atom is -0.375 e. The van der Waals surface area contributed by atoms with E-state index in [4.69, 9.17) is 4.74 Å². The van der Waals surface area contributed by atoms with E-state index in [-0.39, 0.29) is 0 Å². The number of rotatable bonds is 7. The van der Waals surface area contributed by atoms with Crippen LogP contribution < -0.4 is 5.32 Å². The van der Waals surface area contributed by atoms with Crippen LogP contribution in [0.2, 0.25) is 0 Å². The highest BCUT2D eigenvalue weighted by Crippen LogP contribution is 1.99. The summed E-state index contributed by atoms with van der Waals surface area (Å²) in [6.07, 6.45) is 3.88. The minimum atomic E-state index is 0.658. The molecule has 0 fully saturated rings. The highest BCUT2D eigenvalue weighted by Gasteiger charge is 1.96. The third-order valence-corrected chi connectivity index (χ3v) is 1.95. The molecule has 0 saturated heterocycles. The second-order valence-corrected chi connectivity index (χ2v) is 3.11.